The largest absolute Gasteiger partial charge is 0.342 e. The van der Waals surface area contributed by atoms with Crippen LogP contribution in [0.4, 0.5) is 0 Å². The third-order valence-corrected chi connectivity index (χ3v) is 5.32. The van der Waals surface area contributed by atoms with Crippen LogP contribution in [0, 0.1) is 0 Å². The molecule has 4 nitrogen and oxygen atoms in total. The molecular formula is C16H20N2O2S. The van der Waals surface area contributed by atoms with Crippen molar-refractivity contribution in [2.45, 2.75) is 42.4 Å². The Bertz CT molecular complexity index is 560. The van der Waals surface area contributed by atoms with E-state index in [0.717, 1.165) is 6.42 Å². The van der Waals surface area contributed by atoms with E-state index in [1.165, 1.54) is 10.5 Å². The molecule has 1 aromatic carbocycles. The van der Waals surface area contributed by atoms with Gasteiger partial charge in [0, 0.05) is 29.7 Å². The van der Waals surface area contributed by atoms with Crippen LogP contribution in [-0.2, 0) is 16.0 Å². The molecule has 0 radical (unpaired) electrons. The van der Waals surface area contributed by atoms with Crippen molar-refractivity contribution in [1.29, 1.82) is 0 Å². The quantitative estimate of drug-likeness (QED) is 0.907. The molecule has 1 N–H and O–H groups in total. The molecule has 1 fully saturated rings. The van der Waals surface area contributed by atoms with Crippen LogP contribution in [-0.4, -0.2) is 40.6 Å². The zero-order chi connectivity index (χ0) is 15.0. The first-order valence-corrected chi connectivity index (χ1v) is 8.18. The molecule has 1 aromatic rings. The fourth-order valence-corrected chi connectivity index (χ4v) is 4.31. The zero-order valence-corrected chi connectivity index (χ0v) is 13.2. The normalized spacial score (nSPS) is 24.5. The van der Waals surface area contributed by atoms with Gasteiger partial charge in [-0.3, -0.25) is 9.59 Å². The number of hydrogen-bond donors (Lipinski definition) is 1. The summed E-state index contributed by atoms with van der Waals surface area (Å²) in [5.74, 6) is -0.0249. The van der Waals surface area contributed by atoms with E-state index in [2.05, 4.69) is 29.6 Å². The summed E-state index contributed by atoms with van der Waals surface area (Å²) in [4.78, 5) is 27.5. The maximum absolute atomic E-state index is 12.6. The van der Waals surface area contributed by atoms with Gasteiger partial charge in [0.2, 0.25) is 11.8 Å². The lowest BCUT2D eigenvalue weighted by molar-refractivity contribution is -0.137. The fraction of sp³-hybridized carbons (Fsp3) is 0.500. The number of fused-ring (bicyclic) bond motifs is 1. The van der Waals surface area contributed by atoms with Gasteiger partial charge in [0.1, 0.15) is 5.54 Å². The Morgan fingerprint density at radius 2 is 2.10 bits per heavy atom. The van der Waals surface area contributed by atoms with Crippen molar-refractivity contribution in [3.8, 4) is 0 Å². The van der Waals surface area contributed by atoms with Crippen molar-refractivity contribution < 1.29 is 9.59 Å². The summed E-state index contributed by atoms with van der Waals surface area (Å²) < 4.78 is 0. The van der Waals surface area contributed by atoms with Crippen molar-refractivity contribution in [2.75, 3.05) is 13.1 Å². The van der Waals surface area contributed by atoms with Gasteiger partial charge in [-0.15, -0.1) is 11.8 Å². The SMILES string of the molecule is CC1(C)NC(=O)CCN(CC2Cc3ccccc3S2)C1=O. The zero-order valence-electron chi connectivity index (χ0n) is 12.4. The molecule has 2 aliphatic rings. The smallest absolute Gasteiger partial charge is 0.247 e. The van der Waals surface area contributed by atoms with E-state index in [1.54, 1.807) is 13.8 Å². The first-order valence-electron chi connectivity index (χ1n) is 7.31. The van der Waals surface area contributed by atoms with Gasteiger partial charge in [-0.2, -0.15) is 0 Å². The molecule has 3 rings (SSSR count). The topological polar surface area (TPSA) is 49.4 Å². The van der Waals surface area contributed by atoms with Crippen molar-refractivity contribution in [1.82, 2.24) is 10.2 Å². The first-order chi connectivity index (χ1) is 9.95. The lowest BCUT2D eigenvalue weighted by atomic mass is 10.0. The monoisotopic (exact) mass is 304 g/mol. The molecule has 0 saturated carbocycles. The number of thioether (sulfide) groups is 1. The minimum Gasteiger partial charge on any atom is -0.342 e. The van der Waals surface area contributed by atoms with Crippen molar-refractivity contribution in [2.24, 2.45) is 0 Å². The molecule has 0 aromatic heterocycles. The Hall–Kier alpha value is -1.49. The predicted octanol–water partition coefficient (Wildman–Crippen LogP) is 1.83. The molecule has 1 atom stereocenters. The molecule has 0 aliphatic carbocycles. The van der Waals surface area contributed by atoms with Gasteiger partial charge >= 0.3 is 0 Å². The Balaban J connectivity index is 1.71. The van der Waals surface area contributed by atoms with Crippen molar-refractivity contribution >= 4 is 23.6 Å². The minimum absolute atomic E-state index is 0.0184. The molecule has 1 unspecified atom stereocenters. The van der Waals surface area contributed by atoms with E-state index >= 15 is 0 Å². The number of rotatable bonds is 2. The molecule has 2 aliphatic heterocycles. The van der Waals surface area contributed by atoms with Crippen LogP contribution in [0.3, 0.4) is 0 Å². The summed E-state index contributed by atoms with van der Waals surface area (Å²) >= 11 is 1.84. The highest BCUT2D eigenvalue weighted by Crippen LogP contribution is 2.37. The van der Waals surface area contributed by atoms with Crippen LogP contribution in [0.1, 0.15) is 25.8 Å². The number of nitrogens with zero attached hydrogens (tertiary/aromatic N) is 1. The molecule has 2 amide bonds. The average molecular weight is 304 g/mol. The highest BCUT2D eigenvalue weighted by atomic mass is 32.2. The Morgan fingerprint density at radius 1 is 1.33 bits per heavy atom. The lowest BCUT2D eigenvalue weighted by Crippen LogP contribution is -2.53. The number of hydrogen-bond acceptors (Lipinski definition) is 3. The number of carbonyl (C=O) groups excluding carboxylic acids is 2. The number of benzene rings is 1. The first kappa shape index (κ1) is 14.4. The van der Waals surface area contributed by atoms with E-state index in [4.69, 9.17) is 0 Å². The highest BCUT2D eigenvalue weighted by molar-refractivity contribution is 8.00. The maximum atomic E-state index is 12.6. The van der Waals surface area contributed by atoms with Gasteiger partial charge in [0.15, 0.2) is 0 Å². The Morgan fingerprint density at radius 3 is 2.86 bits per heavy atom. The Labute approximate surface area is 129 Å². The second kappa shape index (κ2) is 5.37. The molecule has 1 saturated heterocycles. The second-order valence-corrected chi connectivity index (χ2v) is 7.57. The highest BCUT2D eigenvalue weighted by Gasteiger charge is 2.37. The van der Waals surface area contributed by atoms with Crippen LogP contribution in [0.25, 0.3) is 0 Å². The summed E-state index contributed by atoms with van der Waals surface area (Å²) in [6.07, 6.45) is 1.38. The van der Waals surface area contributed by atoms with Crippen LogP contribution >= 0.6 is 11.8 Å². The fourth-order valence-electron chi connectivity index (χ4n) is 2.97. The lowest BCUT2D eigenvalue weighted by Gasteiger charge is -2.30. The van der Waals surface area contributed by atoms with E-state index < -0.39 is 5.54 Å². The summed E-state index contributed by atoms with van der Waals surface area (Å²) in [5, 5.41) is 3.19. The minimum atomic E-state index is -0.802. The molecule has 5 heteroatoms. The number of carbonyl (C=O) groups is 2. The standard InChI is InChI=1S/C16H20N2O2S/c1-16(2)15(20)18(8-7-14(19)17-16)10-12-9-11-5-3-4-6-13(11)21-12/h3-6,12H,7-10H2,1-2H3,(H,17,19). The van der Waals surface area contributed by atoms with Crippen LogP contribution < -0.4 is 5.32 Å². The van der Waals surface area contributed by atoms with Crippen molar-refractivity contribution in [3.63, 3.8) is 0 Å². The molecule has 0 spiro atoms. The van der Waals surface area contributed by atoms with Crippen LogP contribution in [0.2, 0.25) is 0 Å². The van der Waals surface area contributed by atoms with E-state index in [1.807, 2.05) is 16.7 Å². The Kier molecular flexibility index (Phi) is 3.69. The number of amides is 2. The maximum Gasteiger partial charge on any atom is 0.247 e. The van der Waals surface area contributed by atoms with Gasteiger partial charge < -0.3 is 10.2 Å². The molecule has 0 bridgehead atoms. The second-order valence-electron chi connectivity index (χ2n) is 6.23. The van der Waals surface area contributed by atoms with Gasteiger partial charge in [0.25, 0.3) is 0 Å². The molecular weight excluding hydrogens is 284 g/mol. The van der Waals surface area contributed by atoms with Gasteiger partial charge in [-0.05, 0) is 31.9 Å². The van der Waals surface area contributed by atoms with E-state index in [-0.39, 0.29) is 11.8 Å². The molecule has 2 heterocycles. The van der Waals surface area contributed by atoms with Crippen LogP contribution in [0.15, 0.2) is 29.2 Å². The third kappa shape index (κ3) is 2.93. The van der Waals surface area contributed by atoms with E-state index in [9.17, 15) is 9.59 Å². The van der Waals surface area contributed by atoms with E-state index in [0.29, 0.717) is 24.8 Å². The third-order valence-electron chi connectivity index (χ3n) is 4.02. The predicted molar refractivity (Wildman–Crippen MR) is 83.2 cm³/mol. The summed E-state index contributed by atoms with van der Waals surface area (Å²) in [7, 11) is 0. The van der Waals surface area contributed by atoms with Gasteiger partial charge in [0.05, 0.1) is 0 Å². The molecule has 112 valence electrons. The van der Waals surface area contributed by atoms with Crippen molar-refractivity contribution in [3.05, 3.63) is 29.8 Å². The van der Waals surface area contributed by atoms with Gasteiger partial charge in [-0.25, -0.2) is 0 Å². The summed E-state index contributed by atoms with van der Waals surface area (Å²) in [6, 6.07) is 8.41. The van der Waals surface area contributed by atoms with Crippen LogP contribution in [0.5, 0.6) is 0 Å². The summed E-state index contributed by atoms with van der Waals surface area (Å²) in [5.41, 5.74) is 0.562. The molecule has 21 heavy (non-hydrogen) atoms. The average Bonchev–Trinajstić information content (AvgIpc) is 2.80. The number of nitrogens with one attached hydrogen (secondary N) is 1. The summed E-state index contributed by atoms with van der Waals surface area (Å²) in [6.45, 7) is 4.78. The van der Waals surface area contributed by atoms with Gasteiger partial charge in [-0.1, -0.05) is 18.2 Å².